The van der Waals surface area contributed by atoms with Gasteiger partial charge in [0.15, 0.2) is 5.78 Å². The molecule has 0 saturated heterocycles. The fourth-order valence-electron chi connectivity index (χ4n) is 4.30. The number of unbranched alkanes of at least 4 members (excludes halogenated alkanes) is 2. The molecule has 3 atom stereocenters. The topological polar surface area (TPSA) is 59.8 Å². The Morgan fingerprint density at radius 3 is 2.70 bits per heavy atom. The number of nitrogens with zero attached hydrogens (tertiary/aromatic N) is 4. The van der Waals surface area contributed by atoms with E-state index in [-0.39, 0.29) is 11.8 Å². The molecule has 3 rings (SSSR count). The van der Waals surface area contributed by atoms with Crippen molar-refractivity contribution >= 4 is 11.5 Å². The zero-order chi connectivity index (χ0) is 21.9. The van der Waals surface area contributed by atoms with E-state index in [2.05, 4.69) is 61.7 Å². The molecule has 0 aliphatic heterocycles. The van der Waals surface area contributed by atoms with E-state index < -0.39 is 0 Å². The highest BCUT2D eigenvalue weighted by molar-refractivity contribution is 5.98. The summed E-state index contributed by atoms with van der Waals surface area (Å²) in [4.78, 5) is 12.3. The summed E-state index contributed by atoms with van der Waals surface area (Å²) < 4.78 is 2.99. The molecule has 0 bridgehead atoms. The number of hydrogen-bond acceptors (Lipinski definition) is 4. The summed E-state index contributed by atoms with van der Waals surface area (Å²) in [6.45, 7) is 6.80. The molecule has 2 aliphatic rings. The predicted octanol–water partition coefficient (Wildman–Crippen LogP) is 3.24. The first-order chi connectivity index (χ1) is 14.2. The number of fused-ring (bicyclic) bond motifs is 1. The summed E-state index contributed by atoms with van der Waals surface area (Å²) in [5, 5.41) is 11.9. The number of aryl methyl sites for hydroxylation is 1. The molecule has 1 heterocycles. The molecule has 0 aromatic carbocycles. The maximum absolute atomic E-state index is 12.3. The molecule has 2 aliphatic carbocycles. The predicted molar refractivity (Wildman–Crippen MR) is 122 cm³/mol. The van der Waals surface area contributed by atoms with Gasteiger partial charge >= 0.3 is 0 Å². The molecule has 1 aromatic rings. The van der Waals surface area contributed by atoms with E-state index >= 15 is 0 Å². The van der Waals surface area contributed by atoms with Crippen LogP contribution < -0.4 is 5.32 Å². The zero-order valence-corrected chi connectivity index (χ0v) is 19.3. The third-order valence-corrected chi connectivity index (χ3v) is 6.21. The number of Topliss-reactive ketones (excluding diaryl/α,β-unsaturated/α-hetero) is 1. The minimum absolute atomic E-state index is 0.104. The lowest BCUT2D eigenvalue weighted by Crippen LogP contribution is -2.35. The van der Waals surface area contributed by atoms with Gasteiger partial charge in [-0.3, -0.25) is 4.79 Å². The van der Waals surface area contributed by atoms with Crippen molar-refractivity contribution in [2.45, 2.75) is 51.5 Å². The van der Waals surface area contributed by atoms with Crippen LogP contribution >= 0.6 is 0 Å². The van der Waals surface area contributed by atoms with Gasteiger partial charge < -0.3 is 9.80 Å². The van der Waals surface area contributed by atoms with Crippen molar-refractivity contribution in [1.82, 2.24) is 20.3 Å². The Kier molecular flexibility index (Phi) is 7.09. The number of quaternary nitrogens is 1. The number of nitrogens with one attached hydrogen (secondary N) is 1. The fourth-order valence-corrected chi connectivity index (χ4v) is 4.30. The van der Waals surface area contributed by atoms with E-state index in [1.54, 1.807) is 6.92 Å². The van der Waals surface area contributed by atoms with Crippen LogP contribution in [0.3, 0.4) is 0 Å². The van der Waals surface area contributed by atoms with Gasteiger partial charge in [-0.2, -0.15) is 0 Å². The van der Waals surface area contributed by atoms with Gasteiger partial charge in [0.2, 0.25) is 0 Å². The number of ketones is 1. The minimum Gasteiger partial charge on any atom is -0.331 e. The van der Waals surface area contributed by atoms with Gasteiger partial charge in [-0.1, -0.05) is 23.4 Å². The first kappa shape index (κ1) is 22.6. The molecule has 6 heteroatoms. The Morgan fingerprint density at radius 1 is 1.27 bits per heavy atom. The third kappa shape index (κ3) is 5.76. The van der Waals surface area contributed by atoms with E-state index in [1.807, 2.05) is 11.7 Å². The largest absolute Gasteiger partial charge is 0.331 e. The molecule has 1 N–H and O–H groups in total. The smallest absolute Gasteiger partial charge is 0.175 e. The number of carbonyl (C=O) groups is 1. The van der Waals surface area contributed by atoms with Crippen LogP contribution in [0, 0.1) is 11.8 Å². The SMILES string of the molecule is C=C(C)C(=O)[C@H](CC1=CC=C(n2cc(CCCCC[N+](C)(C)C)nn2)C2CC12)NC. The van der Waals surface area contributed by atoms with Crippen molar-refractivity contribution in [2.24, 2.45) is 11.8 Å². The summed E-state index contributed by atoms with van der Waals surface area (Å²) in [7, 11) is 8.57. The highest BCUT2D eigenvalue weighted by Gasteiger charge is 2.45. The summed E-state index contributed by atoms with van der Waals surface area (Å²) >= 11 is 0. The highest BCUT2D eigenvalue weighted by Crippen LogP contribution is 2.53. The maximum Gasteiger partial charge on any atom is 0.175 e. The fraction of sp³-hybridized carbons (Fsp3) is 0.625. The molecule has 1 fully saturated rings. The molecule has 2 unspecified atom stereocenters. The van der Waals surface area contributed by atoms with Crippen LogP contribution in [-0.4, -0.2) is 66.0 Å². The Bertz CT molecular complexity index is 842. The third-order valence-electron chi connectivity index (χ3n) is 6.21. The van der Waals surface area contributed by atoms with Gasteiger partial charge in [0, 0.05) is 11.6 Å². The van der Waals surface area contributed by atoms with Gasteiger partial charge in [-0.05, 0) is 70.1 Å². The summed E-state index contributed by atoms with van der Waals surface area (Å²) in [5.41, 5.74) is 4.28. The molecule has 0 radical (unpaired) electrons. The lowest BCUT2D eigenvalue weighted by atomic mass is 9.93. The molecule has 0 amide bonds. The summed E-state index contributed by atoms with van der Waals surface area (Å²) in [6, 6.07) is -0.181. The van der Waals surface area contributed by atoms with Gasteiger partial charge in [-0.15, -0.1) is 5.10 Å². The monoisotopic (exact) mass is 412 g/mol. The number of carbonyl (C=O) groups excluding carboxylic acids is 1. The molecule has 0 spiro atoms. The number of hydrogen-bond donors (Lipinski definition) is 1. The number of rotatable bonds is 12. The molecule has 164 valence electrons. The first-order valence-electron chi connectivity index (χ1n) is 11.2. The van der Waals surface area contributed by atoms with Crippen molar-refractivity contribution in [3.05, 3.63) is 41.8 Å². The quantitative estimate of drug-likeness (QED) is 0.325. The van der Waals surface area contributed by atoms with Crippen LogP contribution in [0.4, 0.5) is 0 Å². The summed E-state index contributed by atoms with van der Waals surface area (Å²) in [5.74, 6) is 1.14. The summed E-state index contributed by atoms with van der Waals surface area (Å²) in [6.07, 6.45) is 13.0. The van der Waals surface area contributed by atoms with Crippen molar-refractivity contribution in [3.63, 3.8) is 0 Å². The second-order valence-electron chi connectivity index (χ2n) is 9.95. The molecular weight excluding hydrogens is 374 g/mol. The number of likely N-dealkylation sites (N-methyl/N-ethyl adjacent to an activating group) is 1. The number of allylic oxidation sites excluding steroid dienone is 3. The molecular formula is C24H38N5O+. The van der Waals surface area contributed by atoms with Gasteiger partial charge in [0.1, 0.15) is 0 Å². The van der Waals surface area contributed by atoms with Crippen LogP contribution in [0.1, 0.15) is 44.7 Å². The Labute approximate surface area is 181 Å². The highest BCUT2D eigenvalue weighted by atomic mass is 16.1. The van der Waals surface area contributed by atoms with Gasteiger partial charge in [0.05, 0.1) is 45.6 Å². The van der Waals surface area contributed by atoms with Crippen molar-refractivity contribution in [3.8, 4) is 0 Å². The Morgan fingerprint density at radius 2 is 2.03 bits per heavy atom. The molecule has 30 heavy (non-hydrogen) atoms. The van der Waals surface area contributed by atoms with Crippen LogP contribution in [0.15, 0.2) is 36.1 Å². The van der Waals surface area contributed by atoms with Crippen molar-refractivity contribution in [2.75, 3.05) is 34.7 Å². The second-order valence-corrected chi connectivity index (χ2v) is 9.95. The average Bonchev–Trinajstić information content (AvgIpc) is 3.35. The molecule has 1 aromatic heterocycles. The lowest BCUT2D eigenvalue weighted by molar-refractivity contribution is -0.870. The van der Waals surface area contributed by atoms with Crippen LogP contribution in [0.5, 0.6) is 0 Å². The Hall–Kier alpha value is -2.05. The van der Waals surface area contributed by atoms with Gasteiger partial charge in [0.25, 0.3) is 0 Å². The van der Waals surface area contributed by atoms with E-state index in [1.165, 1.54) is 30.7 Å². The number of aromatic nitrogens is 3. The minimum atomic E-state index is -0.181. The van der Waals surface area contributed by atoms with E-state index in [9.17, 15) is 4.79 Å². The molecule has 1 saturated carbocycles. The first-order valence-corrected chi connectivity index (χ1v) is 11.2. The van der Waals surface area contributed by atoms with Gasteiger partial charge in [-0.25, -0.2) is 4.68 Å². The zero-order valence-electron chi connectivity index (χ0n) is 19.3. The van der Waals surface area contributed by atoms with Crippen LogP contribution in [0.25, 0.3) is 5.70 Å². The van der Waals surface area contributed by atoms with E-state index in [0.29, 0.717) is 17.4 Å². The standard InChI is InChI=1S/C24H38N5O/c1-17(2)24(30)22(25-3)14-18-11-12-23(21-15-20(18)21)28-16-19(26-27-28)10-8-7-9-13-29(4,5)6/h11-12,16,20-22,25H,1,7-10,13-15H2,2-6H3/q+1/t20?,21?,22-/m0/s1. The average molecular weight is 413 g/mol. The van der Waals surface area contributed by atoms with E-state index in [0.717, 1.165) is 35.9 Å². The Balaban J connectivity index is 1.55. The van der Waals surface area contributed by atoms with Crippen LogP contribution in [0.2, 0.25) is 0 Å². The normalized spacial score (nSPS) is 21.5. The lowest BCUT2D eigenvalue weighted by Gasteiger charge is -2.23. The van der Waals surface area contributed by atoms with E-state index in [4.69, 9.17) is 0 Å². The van der Waals surface area contributed by atoms with Crippen molar-refractivity contribution in [1.29, 1.82) is 0 Å². The molecule has 6 nitrogen and oxygen atoms in total. The second kappa shape index (κ2) is 9.40. The maximum atomic E-state index is 12.3. The van der Waals surface area contributed by atoms with Crippen molar-refractivity contribution < 1.29 is 9.28 Å². The van der Waals surface area contributed by atoms with Crippen LogP contribution in [-0.2, 0) is 11.2 Å².